The minimum Gasteiger partial charge on any atom is -0.684 e. The van der Waals surface area contributed by atoms with Crippen LogP contribution in [0.15, 0.2) is 126 Å². The van der Waals surface area contributed by atoms with Gasteiger partial charge >= 0.3 is 26.2 Å². The van der Waals surface area contributed by atoms with Crippen LogP contribution in [0.2, 0.25) is 18.6 Å². The van der Waals surface area contributed by atoms with E-state index in [0.717, 1.165) is 17.9 Å². The van der Waals surface area contributed by atoms with Gasteiger partial charge in [-0.3, -0.25) is 0 Å². The Balaban J connectivity index is 0.00000337. The van der Waals surface area contributed by atoms with Crippen molar-refractivity contribution in [3.8, 4) is 0 Å². The molecule has 4 aliphatic rings. The number of benzene rings is 2. The van der Waals surface area contributed by atoms with Crippen LogP contribution in [-0.2, 0) is 26.2 Å². The Labute approximate surface area is 290 Å². The Hall–Kier alpha value is -0.760. The Morgan fingerprint density at radius 2 is 1.24 bits per heavy atom. The van der Waals surface area contributed by atoms with E-state index in [9.17, 15) is 0 Å². The second-order valence-corrected chi connectivity index (χ2v) is 18.3. The Bertz CT molecular complexity index is 1450. The second-order valence-electron chi connectivity index (χ2n) is 11.1. The summed E-state index contributed by atoms with van der Waals surface area (Å²) < 4.78 is 2.42. The van der Waals surface area contributed by atoms with Gasteiger partial charge in [0.05, 0.1) is 10.5 Å². The molecule has 2 heterocycles. The van der Waals surface area contributed by atoms with Gasteiger partial charge < -0.3 is 10.6 Å². The van der Waals surface area contributed by atoms with Gasteiger partial charge in [-0.1, -0.05) is 115 Å². The normalized spacial score (nSPS) is 23.3. The zero-order valence-electron chi connectivity index (χ0n) is 23.6. The maximum absolute atomic E-state index is 5.84. The summed E-state index contributed by atoms with van der Waals surface area (Å²) in [4.78, 5) is 2.65. The van der Waals surface area contributed by atoms with Crippen LogP contribution in [0.1, 0.15) is 13.8 Å². The van der Waals surface area contributed by atoms with Crippen molar-refractivity contribution in [2.24, 2.45) is 0 Å². The van der Waals surface area contributed by atoms with Crippen molar-refractivity contribution < 1.29 is 26.2 Å². The van der Waals surface area contributed by atoms with E-state index < -0.39 is 14.3 Å². The van der Waals surface area contributed by atoms with Gasteiger partial charge in [0.25, 0.3) is 0 Å². The molecule has 0 saturated carbocycles. The molecule has 3 atom stereocenters. The van der Waals surface area contributed by atoms with Crippen LogP contribution in [0.5, 0.6) is 0 Å². The van der Waals surface area contributed by atoms with Crippen molar-refractivity contribution >= 4 is 75.6 Å². The SMILES string of the molecule is CC1=CC2SC(C([N-]c3ccccc3)(C3=C(Br)C4=CC(C)=CC4S3)C(C[N-]c3ccccc3)[SiH](C)C)=C(Br)C2=C1.[Zr+2]. The van der Waals surface area contributed by atoms with Crippen molar-refractivity contribution in [3.63, 3.8) is 0 Å². The summed E-state index contributed by atoms with van der Waals surface area (Å²) in [6.07, 6.45) is 9.47. The maximum Gasteiger partial charge on any atom is 2.00 e. The molecule has 0 spiro atoms. The van der Waals surface area contributed by atoms with Crippen LogP contribution in [0.3, 0.4) is 0 Å². The molecule has 2 aliphatic heterocycles. The molecule has 2 nitrogen and oxygen atoms in total. The molecule has 0 amide bonds. The quantitative estimate of drug-likeness (QED) is 0.236. The molecule has 41 heavy (non-hydrogen) atoms. The summed E-state index contributed by atoms with van der Waals surface area (Å²) in [5.74, 6) is 0. The molecule has 0 N–H and O–H groups in total. The number of hydrogen-bond donors (Lipinski definition) is 0. The van der Waals surface area contributed by atoms with Gasteiger partial charge in [-0.15, -0.1) is 41.4 Å². The van der Waals surface area contributed by atoms with Gasteiger partial charge in [-0.2, -0.15) is 0 Å². The molecule has 0 radical (unpaired) electrons. The van der Waals surface area contributed by atoms with Gasteiger partial charge in [0.15, 0.2) is 0 Å². The van der Waals surface area contributed by atoms with E-state index in [2.05, 4.69) is 144 Å². The summed E-state index contributed by atoms with van der Waals surface area (Å²) in [7, 11) is -1.34. The number of halogens is 2. The number of fused-ring (bicyclic) bond motifs is 2. The van der Waals surface area contributed by atoms with E-state index >= 15 is 0 Å². The first-order valence-electron chi connectivity index (χ1n) is 13.7. The average Bonchev–Trinajstić information content (AvgIpc) is 3.66. The molecule has 3 unspecified atom stereocenters. The summed E-state index contributed by atoms with van der Waals surface area (Å²) in [5.41, 5.74) is 7.14. The van der Waals surface area contributed by atoms with Crippen LogP contribution in [0.4, 0.5) is 11.4 Å². The van der Waals surface area contributed by atoms with Gasteiger partial charge in [0.2, 0.25) is 0 Å². The van der Waals surface area contributed by atoms with Gasteiger partial charge in [-0.25, -0.2) is 0 Å². The van der Waals surface area contributed by atoms with Crippen LogP contribution in [0.25, 0.3) is 10.6 Å². The van der Waals surface area contributed by atoms with Crippen LogP contribution < -0.4 is 0 Å². The Morgan fingerprint density at radius 3 is 1.68 bits per heavy atom. The average molecular weight is 800 g/mol. The molecule has 0 aromatic heterocycles. The van der Waals surface area contributed by atoms with Gasteiger partial charge in [-0.05, 0) is 72.2 Å². The van der Waals surface area contributed by atoms with E-state index in [1.807, 2.05) is 23.5 Å². The fraction of sp³-hybridized carbons (Fsp3) is 0.273. The Morgan fingerprint density at radius 1 is 0.780 bits per heavy atom. The van der Waals surface area contributed by atoms with Gasteiger partial charge in [0.1, 0.15) is 0 Å². The van der Waals surface area contributed by atoms with Crippen molar-refractivity contribution in [3.05, 3.63) is 137 Å². The third kappa shape index (κ3) is 6.00. The molecule has 2 aromatic carbocycles. The van der Waals surface area contributed by atoms with E-state index in [4.69, 9.17) is 10.6 Å². The standard InChI is InChI=1S/C33H32Br2N2S2Si.Zr/c1-20-15-24-26(17-20)38-31(29(24)34)33(37-23-13-9-6-10-14-23,32-30(35)25-16-21(2)18-27(25)39-32)28(40(3)4)19-36-22-11-7-5-8-12-22;/h5-18,26-28,40H,19H2,1-4H3;/q-2;+2. The smallest absolute Gasteiger partial charge is 0.684 e. The van der Waals surface area contributed by atoms with Crippen LogP contribution in [-0.4, -0.2) is 31.4 Å². The number of allylic oxidation sites excluding steroid dienone is 6. The first-order chi connectivity index (χ1) is 19.3. The molecule has 6 rings (SSSR count). The Kier molecular flexibility index (Phi) is 10.1. The molecule has 0 saturated heterocycles. The van der Waals surface area contributed by atoms with Crippen molar-refractivity contribution in [1.82, 2.24) is 0 Å². The van der Waals surface area contributed by atoms with Crippen LogP contribution >= 0.6 is 55.4 Å². The van der Waals surface area contributed by atoms with Gasteiger partial charge in [0, 0.05) is 17.8 Å². The minimum atomic E-state index is -1.34. The molecule has 0 bridgehead atoms. The predicted molar refractivity (Wildman–Crippen MR) is 187 cm³/mol. The summed E-state index contributed by atoms with van der Waals surface area (Å²) in [6.45, 7) is 10.1. The maximum atomic E-state index is 5.84. The number of thioether (sulfide) groups is 2. The summed E-state index contributed by atoms with van der Waals surface area (Å²) in [6, 6.07) is 21.0. The monoisotopic (exact) mass is 796 g/mol. The summed E-state index contributed by atoms with van der Waals surface area (Å²) in [5, 5.41) is 11.7. The van der Waals surface area contributed by atoms with E-state index in [1.165, 1.54) is 41.1 Å². The zero-order valence-corrected chi connectivity index (χ0v) is 32.0. The fourth-order valence-corrected chi connectivity index (χ4v) is 13.5. The molecule has 2 aliphatic carbocycles. The van der Waals surface area contributed by atoms with E-state index in [0.29, 0.717) is 10.5 Å². The van der Waals surface area contributed by atoms with E-state index in [-0.39, 0.29) is 31.7 Å². The zero-order chi connectivity index (χ0) is 28.0. The third-order valence-corrected chi connectivity index (χ3v) is 15.3. The number of hydrogen-bond acceptors (Lipinski definition) is 2. The van der Waals surface area contributed by atoms with E-state index in [1.54, 1.807) is 0 Å². The third-order valence-electron chi connectivity index (χ3n) is 7.93. The van der Waals surface area contributed by atoms with Crippen molar-refractivity contribution in [2.45, 2.75) is 48.5 Å². The minimum absolute atomic E-state index is 0. The number of nitrogens with zero attached hydrogens (tertiary/aromatic N) is 2. The second kappa shape index (κ2) is 13.1. The number of para-hydroxylation sites is 2. The molecule has 8 heteroatoms. The molecular formula is C33H32Br2N2S2SiZr. The van der Waals surface area contributed by atoms with Crippen molar-refractivity contribution in [1.29, 1.82) is 0 Å². The first-order valence-corrected chi connectivity index (χ1v) is 20.0. The fourth-order valence-electron chi connectivity index (χ4n) is 6.01. The summed E-state index contributed by atoms with van der Waals surface area (Å²) >= 11 is 12.2. The van der Waals surface area contributed by atoms with Crippen LogP contribution in [0, 0.1) is 0 Å². The van der Waals surface area contributed by atoms with Crippen molar-refractivity contribution in [2.75, 3.05) is 6.54 Å². The first kappa shape index (κ1) is 31.7. The molecular weight excluding hydrogens is 768 g/mol. The largest absolute Gasteiger partial charge is 2.00 e. The predicted octanol–water partition coefficient (Wildman–Crippen LogP) is 11.2. The molecule has 2 aromatic rings. The topological polar surface area (TPSA) is 28.2 Å². The molecule has 208 valence electrons. The molecule has 0 fully saturated rings. The number of rotatable bonds is 9.